The first kappa shape index (κ1) is 17.2. The number of ether oxygens (including phenoxy) is 1. The number of imidazole rings is 1. The zero-order valence-electron chi connectivity index (χ0n) is 13.9. The average molecular weight is 355 g/mol. The first-order valence-electron chi connectivity index (χ1n) is 7.52. The van der Waals surface area contributed by atoms with E-state index in [-0.39, 0.29) is 22.5 Å². The first-order chi connectivity index (χ1) is 12.5. The summed E-state index contributed by atoms with van der Waals surface area (Å²) < 4.78 is 20.1. The van der Waals surface area contributed by atoms with E-state index < -0.39 is 17.7 Å². The van der Waals surface area contributed by atoms with Gasteiger partial charge in [0.1, 0.15) is 12.1 Å². The Kier molecular flexibility index (Phi) is 4.70. The number of anilines is 1. The number of esters is 1. The lowest BCUT2D eigenvalue weighted by atomic mass is 10.1. The van der Waals surface area contributed by atoms with Crippen molar-refractivity contribution >= 4 is 17.6 Å². The Hall–Kier alpha value is -3.62. The number of benzene rings is 1. The SMILES string of the molecule is COC(=O)c1ccc(F)c(C)c1NC(=O)c1ccc(-n2ccnc2)nn1. The molecule has 26 heavy (non-hydrogen) atoms. The highest BCUT2D eigenvalue weighted by atomic mass is 19.1. The zero-order valence-corrected chi connectivity index (χ0v) is 13.9. The standard InChI is InChI=1S/C17H14FN5O3/c1-10-12(18)4-3-11(17(25)26-2)15(10)20-16(24)13-5-6-14(22-21-13)23-8-7-19-9-23/h3-9H,1-2H3,(H,20,24). The molecule has 0 aliphatic rings. The van der Waals surface area contributed by atoms with Crippen LogP contribution in [0.1, 0.15) is 26.4 Å². The van der Waals surface area contributed by atoms with E-state index in [0.717, 1.165) is 6.07 Å². The van der Waals surface area contributed by atoms with E-state index in [9.17, 15) is 14.0 Å². The third-order valence-electron chi connectivity index (χ3n) is 3.69. The number of carbonyl (C=O) groups is 2. The van der Waals surface area contributed by atoms with E-state index >= 15 is 0 Å². The molecule has 0 bridgehead atoms. The van der Waals surface area contributed by atoms with Crippen molar-refractivity contribution in [3.05, 3.63) is 65.6 Å². The summed E-state index contributed by atoms with van der Waals surface area (Å²) in [4.78, 5) is 28.2. The largest absolute Gasteiger partial charge is 0.465 e. The molecule has 8 nitrogen and oxygen atoms in total. The molecule has 132 valence electrons. The average Bonchev–Trinajstić information content (AvgIpc) is 3.20. The van der Waals surface area contributed by atoms with Crippen molar-refractivity contribution in [2.45, 2.75) is 6.92 Å². The smallest absolute Gasteiger partial charge is 0.339 e. The number of aromatic nitrogens is 4. The molecule has 0 saturated heterocycles. The molecule has 0 radical (unpaired) electrons. The van der Waals surface area contributed by atoms with Crippen LogP contribution in [0.4, 0.5) is 10.1 Å². The van der Waals surface area contributed by atoms with Crippen LogP contribution in [0.5, 0.6) is 0 Å². The molecular formula is C17H14FN5O3. The van der Waals surface area contributed by atoms with Gasteiger partial charge in [0.2, 0.25) is 0 Å². The van der Waals surface area contributed by atoms with E-state index in [0.29, 0.717) is 5.82 Å². The Morgan fingerprint density at radius 1 is 1.19 bits per heavy atom. The number of hydrogen-bond donors (Lipinski definition) is 1. The zero-order chi connectivity index (χ0) is 18.7. The fraction of sp³-hybridized carbons (Fsp3) is 0.118. The van der Waals surface area contributed by atoms with Crippen LogP contribution in [0.3, 0.4) is 0 Å². The second-order valence-corrected chi connectivity index (χ2v) is 5.29. The monoisotopic (exact) mass is 355 g/mol. The molecular weight excluding hydrogens is 341 g/mol. The van der Waals surface area contributed by atoms with Crippen molar-refractivity contribution in [3.8, 4) is 5.82 Å². The predicted octanol–water partition coefficient (Wildman–Crippen LogP) is 2.15. The van der Waals surface area contributed by atoms with Crippen molar-refractivity contribution in [3.63, 3.8) is 0 Å². The Balaban J connectivity index is 1.88. The fourth-order valence-corrected chi connectivity index (χ4v) is 2.28. The molecule has 0 spiro atoms. The maximum atomic E-state index is 13.8. The minimum Gasteiger partial charge on any atom is -0.465 e. The summed E-state index contributed by atoms with van der Waals surface area (Å²) in [7, 11) is 1.20. The lowest BCUT2D eigenvalue weighted by Gasteiger charge is -2.13. The molecule has 9 heteroatoms. The van der Waals surface area contributed by atoms with E-state index in [1.54, 1.807) is 29.4 Å². The van der Waals surface area contributed by atoms with E-state index in [2.05, 4.69) is 25.2 Å². The second kappa shape index (κ2) is 7.09. The summed E-state index contributed by atoms with van der Waals surface area (Å²) in [5.74, 6) is -1.40. The summed E-state index contributed by atoms with van der Waals surface area (Å²) >= 11 is 0. The van der Waals surface area contributed by atoms with Crippen LogP contribution in [0.15, 0.2) is 43.0 Å². The maximum absolute atomic E-state index is 13.8. The highest BCUT2D eigenvalue weighted by molar-refractivity contribution is 6.07. The number of nitrogens with zero attached hydrogens (tertiary/aromatic N) is 4. The van der Waals surface area contributed by atoms with Crippen molar-refractivity contribution in [2.75, 3.05) is 12.4 Å². The molecule has 3 rings (SSSR count). The molecule has 3 aromatic rings. The Morgan fingerprint density at radius 3 is 2.62 bits per heavy atom. The van der Waals surface area contributed by atoms with Gasteiger partial charge in [-0.3, -0.25) is 9.36 Å². The number of nitrogens with one attached hydrogen (secondary N) is 1. The molecule has 2 heterocycles. The lowest BCUT2D eigenvalue weighted by molar-refractivity contribution is 0.0602. The highest BCUT2D eigenvalue weighted by Crippen LogP contribution is 2.24. The Labute approximate surface area is 147 Å². The minimum atomic E-state index is -0.690. The highest BCUT2D eigenvalue weighted by Gasteiger charge is 2.20. The summed E-state index contributed by atoms with van der Waals surface area (Å²) in [6.45, 7) is 1.45. The van der Waals surface area contributed by atoms with Crippen LogP contribution in [0.25, 0.3) is 5.82 Å². The van der Waals surface area contributed by atoms with Gasteiger partial charge in [0.25, 0.3) is 5.91 Å². The molecule has 0 fully saturated rings. The van der Waals surface area contributed by atoms with Crippen molar-refractivity contribution in [2.24, 2.45) is 0 Å². The van der Waals surface area contributed by atoms with Gasteiger partial charge in [-0.2, -0.15) is 0 Å². The molecule has 1 N–H and O–H groups in total. The molecule has 0 saturated carbocycles. The quantitative estimate of drug-likeness (QED) is 0.720. The van der Waals surface area contributed by atoms with Crippen LogP contribution in [0.2, 0.25) is 0 Å². The van der Waals surface area contributed by atoms with E-state index in [4.69, 9.17) is 0 Å². The summed E-state index contributed by atoms with van der Waals surface area (Å²) in [6.07, 6.45) is 4.81. The van der Waals surface area contributed by atoms with Gasteiger partial charge in [0, 0.05) is 18.0 Å². The van der Waals surface area contributed by atoms with E-state index in [1.165, 1.54) is 26.2 Å². The predicted molar refractivity (Wildman–Crippen MR) is 89.6 cm³/mol. The van der Waals surface area contributed by atoms with Crippen LogP contribution in [0, 0.1) is 12.7 Å². The normalized spacial score (nSPS) is 10.4. The summed E-state index contributed by atoms with van der Waals surface area (Å²) in [6, 6.07) is 5.43. The third-order valence-corrected chi connectivity index (χ3v) is 3.69. The van der Waals surface area contributed by atoms with Gasteiger partial charge < -0.3 is 10.1 Å². The van der Waals surface area contributed by atoms with Gasteiger partial charge in [-0.25, -0.2) is 14.2 Å². The fourth-order valence-electron chi connectivity index (χ4n) is 2.28. The Morgan fingerprint density at radius 2 is 2.00 bits per heavy atom. The van der Waals surface area contributed by atoms with Crippen molar-refractivity contribution < 1.29 is 18.7 Å². The number of halogens is 1. The van der Waals surface area contributed by atoms with Crippen LogP contribution in [-0.2, 0) is 4.74 Å². The van der Waals surface area contributed by atoms with E-state index in [1.807, 2.05) is 0 Å². The number of rotatable bonds is 4. The number of hydrogen-bond acceptors (Lipinski definition) is 6. The lowest BCUT2D eigenvalue weighted by Crippen LogP contribution is -2.19. The van der Waals surface area contributed by atoms with Crippen molar-refractivity contribution in [1.29, 1.82) is 0 Å². The van der Waals surface area contributed by atoms with Gasteiger partial charge in [-0.1, -0.05) is 0 Å². The number of methoxy groups -OCH3 is 1. The maximum Gasteiger partial charge on any atom is 0.339 e. The van der Waals surface area contributed by atoms with Crippen LogP contribution >= 0.6 is 0 Å². The number of carbonyl (C=O) groups excluding carboxylic acids is 2. The van der Waals surface area contributed by atoms with Crippen molar-refractivity contribution in [1.82, 2.24) is 19.7 Å². The molecule has 0 aliphatic carbocycles. The molecule has 0 aliphatic heterocycles. The molecule has 2 aromatic heterocycles. The minimum absolute atomic E-state index is 0.00772. The molecule has 0 unspecified atom stereocenters. The Bertz CT molecular complexity index is 955. The molecule has 0 atom stereocenters. The number of amides is 1. The van der Waals surface area contributed by atoms with Gasteiger partial charge in [-0.05, 0) is 31.2 Å². The van der Waals surface area contributed by atoms with Crippen LogP contribution in [-0.4, -0.2) is 38.7 Å². The summed E-state index contributed by atoms with van der Waals surface area (Å²) in [5.41, 5.74) is 0.197. The van der Waals surface area contributed by atoms with Crippen LogP contribution < -0.4 is 5.32 Å². The first-order valence-corrected chi connectivity index (χ1v) is 7.52. The molecule has 1 amide bonds. The van der Waals surface area contributed by atoms with Gasteiger partial charge in [0.15, 0.2) is 11.5 Å². The van der Waals surface area contributed by atoms with Gasteiger partial charge in [-0.15, -0.1) is 10.2 Å². The third kappa shape index (κ3) is 3.27. The van der Waals surface area contributed by atoms with Gasteiger partial charge in [0.05, 0.1) is 18.4 Å². The van der Waals surface area contributed by atoms with Gasteiger partial charge >= 0.3 is 5.97 Å². The topological polar surface area (TPSA) is 99.0 Å². The molecule has 1 aromatic carbocycles. The summed E-state index contributed by atoms with van der Waals surface area (Å²) in [5, 5.41) is 10.3. The second-order valence-electron chi connectivity index (χ2n) is 5.29.